The number of carbonyl (C=O) groups excluding carboxylic acids is 3. The van der Waals surface area contributed by atoms with Crippen LogP contribution in [0.5, 0.6) is 11.5 Å². The number of aliphatic carboxylic acids is 1. The van der Waals surface area contributed by atoms with Crippen LogP contribution in [0.2, 0.25) is 0 Å². The van der Waals surface area contributed by atoms with E-state index in [2.05, 4.69) is 10.1 Å². The molecule has 0 bridgehead atoms. The molecule has 12 heteroatoms. The number of benzene rings is 1. The number of hydrogen-bond donors (Lipinski definition) is 2. The molecule has 0 aromatic heterocycles. The molecule has 0 saturated carbocycles. The number of ether oxygens (including phenoxy) is 6. The third-order valence-electron chi connectivity index (χ3n) is 5.50. The quantitative estimate of drug-likeness (QED) is 0.142. The smallest absolute Gasteiger partial charge is 0.477 e. The van der Waals surface area contributed by atoms with Crippen LogP contribution in [0.15, 0.2) is 18.2 Å². The second-order valence-corrected chi connectivity index (χ2v) is 9.30. The monoisotopic (exact) mass is 541 g/mol. The highest BCUT2D eigenvalue weighted by Crippen LogP contribution is 2.31. The van der Waals surface area contributed by atoms with E-state index in [0.717, 1.165) is 20.0 Å². The van der Waals surface area contributed by atoms with Crippen molar-refractivity contribution in [3.63, 3.8) is 0 Å². The lowest BCUT2D eigenvalue weighted by Gasteiger charge is -2.31. The molecular formula is C26H39NO11. The maximum atomic E-state index is 12.4. The van der Waals surface area contributed by atoms with Crippen molar-refractivity contribution in [2.24, 2.45) is 11.8 Å². The normalized spacial score (nSPS) is 14.0. The zero-order valence-electron chi connectivity index (χ0n) is 23.0. The predicted molar refractivity (Wildman–Crippen MR) is 135 cm³/mol. The number of carbonyl (C=O) groups is 4. The van der Waals surface area contributed by atoms with Crippen molar-refractivity contribution in [1.29, 1.82) is 0 Å². The maximum absolute atomic E-state index is 12.4. The summed E-state index contributed by atoms with van der Waals surface area (Å²) in [6.07, 6.45) is -2.09. The third kappa shape index (κ3) is 10.8. The second-order valence-electron chi connectivity index (χ2n) is 9.30. The largest absolute Gasteiger partial charge is 0.513 e. The van der Waals surface area contributed by atoms with Gasteiger partial charge in [-0.1, -0.05) is 46.6 Å². The minimum atomic E-state index is -2.22. The van der Waals surface area contributed by atoms with E-state index in [9.17, 15) is 24.3 Å². The van der Waals surface area contributed by atoms with Gasteiger partial charge < -0.3 is 33.5 Å². The van der Waals surface area contributed by atoms with Gasteiger partial charge in [-0.3, -0.25) is 5.32 Å². The van der Waals surface area contributed by atoms with Crippen LogP contribution in [0, 0.1) is 11.8 Å². The van der Waals surface area contributed by atoms with Gasteiger partial charge in [0.15, 0.2) is 11.5 Å². The van der Waals surface area contributed by atoms with E-state index in [1.165, 1.54) is 18.2 Å². The molecule has 0 spiro atoms. The van der Waals surface area contributed by atoms with E-state index in [0.29, 0.717) is 0 Å². The summed E-state index contributed by atoms with van der Waals surface area (Å²) in [4.78, 5) is 48.7. The Labute approximate surface area is 222 Å². The molecule has 0 radical (unpaired) electrons. The molecule has 0 aliphatic heterocycles. The summed E-state index contributed by atoms with van der Waals surface area (Å²) < 4.78 is 30.4. The van der Waals surface area contributed by atoms with Gasteiger partial charge in [-0.15, -0.1) is 0 Å². The minimum Gasteiger partial charge on any atom is -0.477 e. The lowest BCUT2D eigenvalue weighted by atomic mass is 10.0. The van der Waals surface area contributed by atoms with Gasteiger partial charge in [-0.2, -0.15) is 0 Å². The predicted octanol–water partition coefficient (Wildman–Crippen LogP) is 4.91. The first-order valence-corrected chi connectivity index (χ1v) is 12.5. The Bertz CT molecular complexity index is 949. The molecule has 0 fully saturated rings. The zero-order chi connectivity index (χ0) is 28.9. The Hall–Kier alpha value is -3.54. The molecule has 0 saturated heterocycles. The Balaban J connectivity index is 3.33. The Kier molecular flexibility index (Phi) is 13.4. The van der Waals surface area contributed by atoms with E-state index >= 15 is 0 Å². The molecule has 0 amide bonds. The van der Waals surface area contributed by atoms with Gasteiger partial charge >= 0.3 is 24.4 Å². The van der Waals surface area contributed by atoms with Crippen molar-refractivity contribution in [3.8, 4) is 11.5 Å². The summed E-state index contributed by atoms with van der Waals surface area (Å²) in [5.74, 6) is -1.66. The number of nitrogens with one attached hydrogen (secondary N) is 1. The highest BCUT2D eigenvalue weighted by Gasteiger charge is 2.44. The van der Waals surface area contributed by atoms with E-state index in [1.807, 2.05) is 27.7 Å². The van der Waals surface area contributed by atoms with Crippen molar-refractivity contribution in [1.82, 2.24) is 5.32 Å². The Morgan fingerprint density at radius 1 is 0.868 bits per heavy atom. The lowest BCUT2D eigenvalue weighted by molar-refractivity contribution is -0.166. The summed E-state index contributed by atoms with van der Waals surface area (Å²) in [7, 11) is 1.05. The zero-order valence-corrected chi connectivity index (χ0v) is 23.0. The molecule has 3 atom stereocenters. The fourth-order valence-electron chi connectivity index (χ4n) is 2.96. The first-order valence-electron chi connectivity index (χ1n) is 12.5. The van der Waals surface area contributed by atoms with E-state index < -0.39 is 42.6 Å². The fourth-order valence-corrected chi connectivity index (χ4v) is 2.96. The van der Waals surface area contributed by atoms with E-state index in [1.54, 1.807) is 13.8 Å². The van der Waals surface area contributed by atoms with Gasteiger partial charge in [0.2, 0.25) is 0 Å². The van der Waals surface area contributed by atoms with Crippen LogP contribution >= 0.6 is 0 Å². The number of rotatable bonds is 14. The molecule has 0 heterocycles. The van der Waals surface area contributed by atoms with Crippen molar-refractivity contribution >= 4 is 24.4 Å². The Morgan fingerprint density at radius 3 is 1.84 bits per heavy atom. The second kappa shape index (κ2) is 15.7. The number of methoxy groups -OCH3 is 1. The van der Waals surface area contributed by atoms with Crippen molar-refractivity contribution < 1.29 is 52.7 Å². The summed E-state index contributed by atoms with van der Waals surface area (Å²) >= 11 is 0. The van der Waals surface area contributed by atoms with Crippen LogP contribution in [0.1, 0.15) is 59.9 Å². The topological polar surface area (TPSA) is 156 Å². The number of carboxylic acid groups (broad SMARTS) is 1. The maximum Gasteiger partial charge on any atom is 0.513 e. The molecule has 1 aromatic carbocycles. The van der Waals surface area contributed by atoms with Gasteiger partial charge in [-0.25, -0.2) is 19.2 Å². The first kappa shape index (κ1) is 32.5. The van der Waals surface area contributed by atoms with Crippen LogP contribution in [-0.4, -0.2) is 61.6 Å². The average molecular weight is 542 g/mol. The van der Waals surface area contributed by atoms with E-state index in [4.69, 9.17) is 23.7 Å². The summed E-state index contributed by atoms with van der Waals surface area (Å²) in [5, 5.41) is 12.7. The van der Waals surface area contributed by atoms with Crippen LogP contribution in [0.3, 0.4) is 0 Å². The SMILES string of the molecule is CCC(C)COC(=O)Oc1ccc(C[C@](NC(C)C)(OC(=O)OC)C(=O)O)cc1OC(=O)OCC(C)CC. The third-order valence-corrected chi connectivity index (χ3v) is 5.50. The van der Waals surface area contributed by atoms with Crippen LogP contribution in [-0.2, 0) is 30.2 Å². The van der Waals surface area contributed by atoms with Gasteiger partial charge in [0, 0.05) is 12.5 Å². The molecule has 1 rings (SSSR count). The first-order chi connectivity index (χ1) is 17.8. The molecular weight excluding hydrogens is 502 g/mol. The molecule has 0 aliphatic carbocycles. The average Bonchev–Trinajstić information content (AvgIpc) is 2.86. The van der Waals surface area contributed by atoms with Crippen LogP contribution in [0.4, 0.5) is 14.4 Å². The van der Waals surface area contributed by atoms with Crippen molar-refractivity contribution in [3.05, 3.63) is 23.8 Å². The number of carboxylic acids is 1. The fraction of sp³-hybridized carbons (Fsp3) is 0.615. The molecule has 2 unspecified atom stereocenters. The summed E-state index contributed by atoms with van der Waals surface area (Å²) in [5.41, 5.74) is -1.96. The molecule has 12 nitrogen and oxygen atoms in total. The van der Waals surface area contributed by atoms with Gasteiger partial charge in [-0.05, 0) is 43.4 Å². The van der Waals surface area contributed by atoms with Crippen LogP contribution < -0.4 is 14.8 Å². The molecule has 1 aromatic rings. The minimum absolute atomic E-state index is 0.0916. The standard InChI is InChI=1S/C26H39NO11/c1-8-17(5)14-34-24(31)36-20-11-10-19(12-21(20)37-25(32)35-15-18(6)9-2)13-26(22(28)29,27-16(3)4)38-23(30)33-7/h10-12,16-18,27H,8-9,13-15H2,1-7H3,(H,28,29)/t17?,18?,26-/m0/s1. The number of hydrogen-bond acceptors (Lipinski definition) is 11. The summed E-state index contributed by atoms with van der Waals surface area (Å²) in [6.45, 7) is 11.3. The molecule has 0 aliphatic rings. The summed E-state index contributed by atoms with van der Waals surface area (Å²) in [6, 6.07) is 3.60. The molecule has 38 heavy (non-hydrogen) atoms. The van der Waals surface area contributed by atoms with Crippen LogP contribution in [0.25, 0.3) is 0 Å². The highest BCUT2D eigenvalue weighted by atomic mass is 16.8. The van der Waals surface area contributed by atoms with Crippen molar-refractivity contribution in [2.45, 2.75) is 72.6 Å². The highest BCUT2D eigenvalue weighted by molar-refractivity contribution is 5.80. The van der Waals surface area contributed by atoms with E-state index in [-0.39, 0.29) is 42.1 Å². The Morgan fingerprint density at radius 2 is 1.39 bits per heavy atom. The van der Waals surface area contributed by atoms with Gasteiger partial charge in [0.1, 0.15) is 0 Å². The molecule has 2 N–H and O–H groups in total. The van der Waals surface area contributed by atoms with Crippen molar-refractivity contribution in [2.75, 3.05) is 20.3 Å². The van der Waals surface area contributed by atoms with Gasteiger partial charge in [0.05, 0.1) is 20.3 Å². The van der Waals surface area contributed by atoms with Gasteiger partial charge in [0.25, 0.3) is 5.72 Å². The molecule has 214 valence electrons. The lowest BCUT2D eigenvalue weighted by Crippen LogP contribution is -2.59.